The fourth-order valence-electron chi connectivity index (χ4n) is 1.54. The number of hydrazone groups is 1. The van der Waals surface area contributed by atoms with Crippen molar-refractivity contribution in [2.75, 3.05) is 11.6 Å². The fourth-order valence-corrected chi connectivity index (χ4v) is 1.54. The minimum atomic E-state index is -0.423. The standard InChI is InChI=1S/C10H12N4O2/c1-7-6-13(12-10(7)11)8-2-4-9(5-3-8)14(15)16/h2-5,7H,6H2,1H3,(H2,11,12). The van der Waals surface area contributed by atoms with Crippen LogP contribution in [0, 0.1) is 16.0 Å². The number of benzene rings is 1. The Morgan fingerprint density at radius 1 is 1.50 bits per heavy atom. The summed E-state index contributed by atoms with van der Waals surface area (Å²) in [6.45, 7) is 2.70. The molecule has 16 heavy (non-hydrogen) atoms. The molecule has 6 heteroatoms. The maximum atomic E-state index is 10.5. The number of amidine groups is 1. The van der Waals surface area contributed by atoms with Crippen LogP contribution in [0.1, 0.15) is 6.92 Å². The van der Waals surface area contributed by atoms with Crippen LogP contribution in [0.15, 0.2) is 29.4 Å². The summed E-state index contributed by atoms with van der Waals surface area (Å²) in [6, 6.07) is 6.27. The van der Waals surface area contributed by atoms with Crippen molar-refractivity contribution in [2.45, 2.75) is 6.92 Å². The Hall–Kier alpha value is -2.11. The van der Waals surface area contributed by atoms with E-state index in [1.165, 1.54) is 12.1 Å². The van der Waals surface area contributed by atoms with Crippen LogP contribution in [-0.4, -0.2) is 17.3 Å². The summed E-state index contributed by atoms with van der Waals surface area (Å²) in [5, 5.41) is 16.4. The summed E-state index contributed by atoms with van der Waals surface area (Å²) >= 11 is 0. The smallest absolute Gasteiger partial charge is 0.269 e. The van der Waals surface area contributed by atoms with E-state index in [1.807, 2.05) is 6.92 Å². The molecule has 1 heterocycles. The first-order valence-electron chi connectivity index (χ1n) is 4.94. The Kier molecular flexibility index (Phi) is 2.47. The van der Waals surface area contributed by atoms with Gasteiger partial charge in [-0.05, 0) is 12.1 Å². The number of nitrogens with zero attached hydrogens (tertiary/aromatic N) is 3. The molecule has 0 bridgehead atoms. The predicted molar refractivity (Wildman–Crippen MR) is 61.2 cm³/mol. The molecular formula is C10H12N4O2. The van der Waals surface area contributed by atoms with Crippen LogP contribution in [-0.2, 0) is 0 Å². The zero-order valence-corrected chi connectivity index (χ0v) is 8.83. The molecule has 1 unspecified atom stereocenters. The van der Waals surface area contributed by atoms with E-state index in [-0.39, 0.29) is 11.6 Å². The predicted octanol–water partition coefficient (Wildman–Crippen LogP) is 1.32. The van der Waals surface area contributed by atoms with E-state index >= 15 is 0 Å². The van der Waals surface area contributed by atoms with Gasteiger partial charge in [0.2, 0.25) is 0 Å². The van der Waals surface area contributed by atoms with Gasteiger partial charge in [-0.1, -0.05) is 6.92 Å². The van der Waals surface area contributed by atoms with Crippen LogP contribution >= 0.6 is 0 Å². The Morgan fingerprint density at radius 3 is 2.56 bits per heavy atom. The van der Waals surface area contributed by atoms with Gasteiger partial charge in [0.25, 0.3) is 5.69 Å². The van der Waals surface area contributed by atoms with E-state index in [2.05, 4.69) is 5.10 Å². The minimum Gasteiger partial charge on any atom is -0.385 e. The third-order valence-corrected chi connectivity index (χ3v) is 2.55. The average Bonchev–Trinajstić information content (AvgIpc) is 2.59. The SMILES string of the molecule is CC1CN(c2ccc([N+](=O)[O-])cc2)N=C1N. The average molecular weight is 220 g/mol. The highest BCUT2D eigenvalue weighted by Crippen LogP contribution is 2.23. The number of hydrogen-bond acceptors (Lipinski definition) is 5. The lowest BCUT2D eigenvalue weighted by Crippen LogP contribution is -2.20. The summed E-state index contributed by atoms with van der Waals surface area (Å²) in [4.78, 5) is 10.1. The quantitative estimate of drug-likeness (QED) is 0.601. The topological polar surface area (TPSA) is 84.8 Å². The van der Waals surface area contributed by atoms with Crippen molar-refractivity contribution in [1.29, 1.82) is 0 Å². The zero-order valence-electron chi connectivity index (χ0n) is 8.83. The molecular weight excluding hydrogens is 208 g/mol. The maximum Gasteiger partial charge on any atom is 0.269 e. The molecule has 84 valence electrons. The van der Waals surface area contributed by atoms with Gasteiger partial charge < -0.3 is 5.73 Å². The lowest BCUT2D eigenvalue weighted by molar-refractivity contribution is -0.384. The van der Waals surface area contributed by atoms with Gasteiger partial charge in [-0.25, -0.2) is 0 Å². The van der Waals surface area contributed by atoms with Crippen LogP contribution in [0.3, 0.4) is 0 Å². The van der Waals surface area contributed by atoms with Crippen LogP contribution in [0.5, 0.6) is 0 Å². The molecule has 0 fully saturated rings. The second-order valence-electron chi connectivity index (χ2n) is 3.78. The largest absolute Gasteiger partial charge is 0.385 e. The van der Waals surface area contributed by atoms with E-state index in [1.54, 1.807) is 17.1 Å². The number of rotatable bonds is 2. The number of nitro benzene ring substituents is 1. The molecule has 0 aliphatic carbocycles. The van der Waals surface area contributed by atoms with Gasteiger partial charge in [-0.15, -0.1) is 0 Å². The number of anilines is 1. The summed E-state index contributed by atoms with van der Waals surface area (Å²) in [7, 11) is 0. The normalized spacial score (nSPS) is 19.7. The maximum absolute atomic E-state index is 10.5. The van der Waals surface area contributed by atoms with Crippen molar-refractivity contribution in [3.63, 3.8) is 0 Å². The van der Waals surface area contributed by atoms with E-state index in [0.29, 0.717) is 12.4 Å². The van der Waals surface area contributed by atoms with E-state index < -0.39 is 4.92 Å². The van der Waals surface area contributed by atoms with Crippen molar-refractivity contribution in [1.82, 2.24) is 0 Å². The lowest BCUT2D eigenvalue weighted by atomic mass is 10.2. The molecule has 1 aromatic rings. The lowest BCUT2D eigenvalue weighted by Gasteiger charge is -2.13. The highest BCUT2D eigenvalue weighted by Gasteiger charge is 2.21. The highest BCUT2D eigenvalue weighted by atomic mass is 16.6. The summed E-state index contributed by atoms with van der Waals surface area (Å²) in [5.41, 5.74) is 6.58. The molecule has 1 aromatic carbocycles. The van der Waals surface area contributed by atoms with Gasteiger partial charge >= 0.3 is 0 Å². The molecule has 2 N–H and O–H groups in total. The van der Waals surface area contributed by atoms with Crippen molar-refractivity contribution in [3.8, 4) is 0 Å². The molecule has 0 amide bonds. The zero-order chi connectivity index (χ0) is 11.7. The molecule has 1 atom stereocenters. The van der Waals surface area contributed by atoms with E-state index in [0.717, 1.165) is 5.69 Å². The third kappa shape index (κ3) is 1.81. The van der Waals surface area contributed by atoms with Crippen LogP contribution in [0.25, 0.3) is 0 Å². The monoisotopic (exact) mass is 220 g/mol. The summed E-state index contributed by atoms with van der Waals surface area (Å²) in [6.07, 6.45) is 0. The van der Waals surface area contributed by atoms with E-state index in [9.17, 15) is 10.1 Å². The van der Waals surface area contributed by atoms with Gasteiger partial charge in [-0.2, -0.15) is 5.10 Å². The van der Waals surface area contributed by atoms with E-state index in [4.69, 9.17) is 5.73 Å². The molecule has 0 aromatic heterocycles. The highest BCUT2D eigenvalue weighted by molar-refractivity contribution is 5.86. The first kappa shape index (κ1) is 10.4. The Morgan fingerprint density at radius 2 is 2.12 bits per heavy atom. The number of nitro groups is 1. The molecule has 2 rings (SSSR count). The van der Waals surface area contributed by atoms with Gasteiger partial charge in [-0.3, -0.25) is 15.1 Å². The second kappa shape index (κ2) is 3.80. The van der Waals surface area contributed by atoms with Crippen LogP contribution < -0.4 is 10.7 Å². The first-order valence-corrected chi connectivity index (χ1v) is 4.94. The van der Waals surface area contributed by atoms with Gasteiger partial charge in [0.05, 0.1) is 17.2 Å². The Bertz CT molecular complexity index is 441. The second-order valence-corrected chi connectivity index (χ2v) is 3.78. The summed E-state index contributed by atoms with van der Waals surface area (Å²) in [5.74, 6) is 0.813. The van der Waals surface area contributed by atoms with Crippen molar-refractivity contribution in [3.05, 3.63) is 34.4 Å². The molecule has 6 nitrogen and oxygen atoms in total. The summed E-state index contributed by atoms with van der Waals surface area (Å²) < 4.78 is 0. The van der Waals surface area contributed by atoms with Crippen molar-refractivity contribution < 1.29 is 4.92 Å². The molecule has 0 saturated heterocycles. The third-order valence-electron chi connectivity index (χ3n) is 2.55. The molecule has 0 spiro atoms. The van der Waals surface area contributed by atoms with Gasteiger partial charge in [0, 0.05) is 18.1 Å². The van der Waals surface area contributed by atoms with Gasteiger partial charge in [0.15, 0.2) is 0 Å². The molecule has 1 aliphatic heterocycles. The fraction of sp³-hybridized carbons (Fsp3) is 0.300. The molecule has 0 radical (unpaired) electrons. The van der Waals surface area contributed by atoms with Crippen molar-refractivity contribution in [2.24, 2.45) is 16.8 Å². The molecule has 1 aliphatic rings. The van der Waals surface area contributed by atoms with Crippen LogP contribution in [0.4, 0.5) is 11.4 Å². The van der Waals surface area contributed by atoms with Crippen LogP contribution in [0.2, 0.25) is 0 Å². The number of non-ortho nitro benzene ring substituents is 1. The minimum absolute atomic E-state index is 0.0768. The first-order chi connectivity index (χ1) is 7.58. The number of nitrogens with two attached hydrogens (primary N) is 1. The Balaban J connectivity index is 2.20. The number of hydrogen-bond donors (Lipinski definition) is 1. The Labute approximate surface area is 92.5 Å². The molecule has 0 saturated carbocycles. The van der Waals surface area contributed by atoms with Crippen molar-refractivity contribution >= 4 is 17.2 Å². The van der Waals surface area contributed by atoms with Gasteiger partial charge in [0.1, 0.15) is 5.84 Å².